The minimum Gasteiger partial charge on any atom is -0.469 e. The molecule has 1 aliphatic carbocycles. The molecule has 0 radical (unpaired) electrons. The average Bonchev–Trinajstić information content (AvgIpc) is 3.16. The summed E-state index contributed by atoms with van der Waals surface area (Å²) in [6.45, 7) is 1.41. The third-order valence-corrected chi connectivity index (χ3v) is 4.65. The van der Waals surface area contributed by atoms with Crippen molar-refractivity contribution in [3.05, 3.63) is 11.1 Å². The first-order valence-corrected chi connectivity index (χ1v) is 8.46. The van der Waals surface area contributed by atoms with E-state index in [-0.39, 0.29) is 30.1 Å². The molecule has 1 fully saturated rings. The lowest BCUT2D eigenvalue weighted by Crippen LogP contribution is -2.47. The molecule has 2 rings (SSSR count). The van der Waals surface area contributed by atoms with Gasteiger partial charge >= 0.3 is 5.97 Å². The van der Waals surface area contributed by atoms with Crippen molar-refractivity contribution in [2.75, 3.05) is 12.4 Å². The Labute approximate surface area is 138 Å². The maximum atomic E-state index is 12.5. The van der Waals surface area contributed by atoms with Gasteiger partial charge in [0.2, 0.25) is 11.8 Å². The Balaban J connectivity index is 2.00. The number of amides is 2. The van der Waals surface area contributed by atoms with Gasteiger partial charge in [-0.1, -0.05) is 12.8 Å². The lowest BCUT2D eigenvalue weighted by atomic mass is 9.97. The second-order valence-electron chi connectivity index (χ2n) is 5.61. The number of carbonyl (C=O) groups is 3. The summed E-state index contributed by atoms with van der Waals surface area (Å²) in [6.07, 6.45) is 4.09. The molecule has 126 valence electrons. The van der Waals surface area contributed by atoms with E-state index in [1.165, 1.54) is 25.4 Å². The van der Waals surface area contributed by atoms with Crippen molar-refractivity contribution in [1.82, 2.24) is 10.3 Å². The zero-order chi connectivity index (χ0) is 16.8. The fraction of sp³-hybridized carbons (Fsp3) is 0.600. The van der Waals surface area contributed by atoms with Gasteiger partial charge in [-0.25, -0.2) is 4.98 Å². The standard InChI is InChI=1S/C15H21N3O4S/c1-9(19)16-13(10-5-3-4-6-10)14(21)18-15-17-11(8-23-15)7-12(20)22-2/h8,10,13H,3-7H2,1-2H3,(H,16,19)(H,17,18,21). The third kappa shape index (κ3) is 5.02. The number of esters is 1. The Morgan fingerprint density at radius 1 is 1.39 bits per heavy atom. The molecule has 0 aliphatic heterocycles. The van der Waals surface area contributed by atoms with E-state index in [0.29, 0.717) is 10.8 Å². The van der Waals surface area contributed by atoms with Crippen LogP contribution in [0.2, 0.25) is 0 Å². The molecule has 23 heavy (non-hydrogen) atoms. The summed E-state index contributed by atoms with van der Waals surface area (Å²) in [4.78, 5) is 39.3. The first-order chi connectivity index (χ1) is 11.0. The van der Waals surface area contributed by atoms with Crippen LogP contribution in [0.5, 0.6) is 0 Å². The largest absolute Gasteiger partial charge is 0.469 e. The fourth-order valence-corrected chi connectivity index (χ4v) is 3.47. The van der Waals surface area contributed by atoms with Gasteiger partial charge in [-0.05, 0) is 18.8 Å². The lowest BCUT2D eigenvalue weighted by Gasteiger charge is -2.22. The number of carbonyl (C=O) groups excluding carboxylic acids is 3. The summed E-state index contributed by atoms with van der Waals surface area (Å²) in [5, 5.41) is 7.60. The molecule has 2 amide bonds. The van der Waals surface area contributed by atoms with E-state index in [0.717, 1.165) is 25.7 Å². The number of ether oxygens (including phenoxy) is 1. The molecule has 1 aromatic heterocycles. The smallest absolute Gasteiger partial charge is 0.311 e. The molecule has 1 heterocycles. The van der Waals surface area contributed by atoms with Crippen LogP contribution in [0.15, 0.2) is 5.38 Å². The van der Waals surface area contributed by atoms with Crippen LogP contribution < -0.4 is 10.6 Å². The van der Waals surface area contributed by atoms with E-state index in [1.807, 2.05) is 0 Å². The Morgan fingerprint density at radius 2 is 2.09 bits per heavy atom. The molecule has 1 aromatic rings. The van der Waals surface area contributed by atoms with E-state index in [2.05, 4.69) is 20.4 Å². The predicted octanol–water partition coefficient (Wildman–Crippen LogP) is 1.49. The Kier molecular flexibility index (Phi) is 6.09. The summed E-state index contributed by atoms with van der Waals surface area (Å²) in [5.41, 5.74) is 0.550. The molecule has 2 N–H and O–H groups in total. The third-order valence-electron chi connectivity index (χ3n) is 3.85. The van der Waals surface area contributed by atoms with Crippen LogP contribution in [0.1, 0.15) is 38.3 Å². The number of rotatable bonds is 6. The first kappa shape index (κ1) is 17.4. The quantitative estimate of drug-likeness (QED) is 0.765. The summed E-state index contributed by atoms with van der Waals surface area (Å²) >= 11 is 1.25. The molecule has 0 saturated heterocycles. The molecule has 7 nitrogen and oxygen atoms in total. The van der Waals surface area contributed by atoms with E-state index in [9.17, 15) is 14.4 Å². The maximum absolute atomic E-state index is 12.5. The molecule has 0 bridgehead atoms. The molecule has 1 saturated carbocycles. The minimum atomic E-state index is -0.539. The van der Waals surface area contributed by atoms with Crippen LogP contribution in [0.3, 0.4) is 0 Å². The summed E-state index contributed by atoms with van der Waals surface area (Å²) < 4.78 is 4.58. The number of anilines is 1. The molecule has 1 aliphatic rings. The van der Waals surface area contributed by atoms with Crippen molar-refractivity contribution >= 4 is 34.3 Å². The topological polar surface area (TPSA) is 97.4 Å². The van der Waals surface area contributed by atoms with Gasteiger partial charge in [0.1, 0.15) is 6.04 Å². The monoisotopic (exact) mass is 339 g/mol. The van der Waals surface area contributed by atoms with Gasteiger partial charge < -0.3 is 15.4 Å². The van der Waals surface area contributed by atoms with Crippen molar-refractivity contribution < 1.29 is 19.1 Å². The van der Waals surface area contributed by atoms with E-state index >= 15 is 0 Å². The number of hydrogen-bond acceptors (Lipinski definition) is 6. The van der Waals surface area contributed by atoms with Crippen LogP contribution >= 0.6 is 11.3 Å². The highest BCUT2D eigenvalue weighted by Gasteiger charge is 2.31. The normalized spacial score (nSPS) is 15.9. The van der Waals surface area contributed by atoms with Crippen molar-refractivity contribution in [2.24, 2.45) is 5.92 Å². The zero-order valence-corrected chi connectivity index (χ0v) is 14.1. The second-order valence-corrected chi connectivity index (χ2v) is 6.47. The maximum Gasteiger partial charge on any atom is 0.311 e. The Hall–Kier alpha value is -1.96. The number of nitrogens with zero attached hydrogens (tertiary/aromatic N) is 1. The van der Waals surface area contributed by atoms with Crippen LogP contribution in [0, 0.1) is 5.92 Å². The van der Waals surface area contributed by atoms with Gasteiger partial charge in [-0.3, -0.25) is 14.4 Å². The number of nitrogens with one attached hydrogen (secondary N) is 2. The van der Waals surface area contributed by atoms with Crippen molar-refractivity contribution in [2.45, 2.75) is 45.1 Å². The molecule has 0 aromatic carbocycles. The predicted molar refractivity (Wildman–Crippen MR) is 86.0 cm³/mol. The SMILES string of the molecule is COC(=O)Cc1csc(NC(=O)C(NC(C)=O)C2CCCC2)n1. The highest BCUT2D eigenvalue weighted by molar-refractivity contribution is 7.13. The summed E-state index contributed by atoms with van der Waals surface area (Å²) in [6, 6.07) is -0.539. The Morgan fingerprint density at radius 3 is 2.70 bits per heavy atom. The van der Waals surface area contributed by atoms with Crippen molar-refractivity contribution in [3.63, 3.8) is 0 Å². The molecule has 0 spiro atoms. The Bertz CT molecular complexity index is 581. The van der Waals surface area contributed by atoms with E-state index < -0.39 is 6.04 Å². The zero-order valence-electron chi connectivity index (χ0n) is 13.3. The number of methoxy groups -OCH3 is 1. The lowest BCUT2D eigenvalue weighted by molar-refractivity contribution is -0.139. The second kappa shape index (κ2) is 8.05. The van der Waals surface area contributed by atoms with E-state index in [4.69, 9.17) is 0 Å². The minimum absolute atomic E-state index is 0.0701. The van der Waals surface area contributed by atoms with Crippen molar-refractivity contribution in [3.8, 4) is 0 Å². The van der Waals surface area contributed by atoms with Gasteiger partial charge in [0.05, 0.1) is 19.2 Å². The first-order valence-electron chi connectivity index (χ1n) is 7.58. The van der Waals surface area contributed by atoms with Crippen LogP contribution in [-0.2, 0) is 25.5 Å². The highest BCUT2D eigenvalue weighted by Crippen LogP contribution is 2.28. The van der Waals surface area contributed by atoms with Crippen LogP contribution in [0.4, 0.5) is 5.13 Å². The van der Waals surface area contributed by atoms with Crippen LogP contribution in [0.25, 0.3) is 0 Å². The number of hydrogen-bond donors (Lipinski definition) is 2. The van der Waals surface area contributed by atoms with Crippen molar-refractivity contribution in [1.29, 1.82) is 0 Å². The van der Waals surface area contributed by atoms with Gasteiger partial charge in [0.15, 0.2) is 5.13 Å². The number of aromatic nitrogens is 1. The molecule has 1 atom stereocenters. The number of thiazole rings is 1. The van der Waals surface area contributed by atoms with Gasteiger partial charge in [-0.2, -0.15) is 0 Å². The fourth-order valence-electron chi connectivity index (χ4n) is 2.76. The molecular formula is C15H21N3O4S. The summed E-state index contributed by atoms with van der Waals surface area (Å²) in [5.74, 6) is -0.697. The average molecular weight is 339 g/mol. The van der Waals surface area contributed by atoms with Gasteiger partial charge in [0.25, 0.3) is 0 Å². The summed E-state index contributed by atoms with van der Waals surface area (Å²) in [7, 11) is 1.32. The van der Waals surface area contributed by atoms with Crippen LogP contribution in [-0.4, -0.2) is 35.9 Å². The van der Waals surface area contributed by atoms with Gasteiger partial charge in [0, 0.05) is 12.3 Å². The molecule has 8 heteroatoms. The van der Waals surface area contributed by atoms with E-state index in [1.54, 1.807) is 5.38 Å². The van der Waals surface area contributed by atoms with Gasteiger partial charge in [-0.15, -0.1) is 11.3 Å². The molecule has 1 unspecified atom stereocenters. The highest BCUT2D eigenvalue weighted by atomic mass is 32.1. The molecular weight excluding hydrogens is 318 g/mol.